The zero-order valence-electron chi connectivity index (χ0n) is 33.2. The largest absolute Gasteiger partial charge is 0.456 e. The van der Waals surface area contributed by atoms with Crippen molar-refractivity contribution in [1.29, 1.82) is 0 Å². The van der Waals surface area contributed by atoms with Gasteiger partial charge in [0, 0.05) is 27.1 Å². The van der Waals surface area contributed by atoms with E-state index in [1.807, 2.05) is 12.1 Å². The molecule has 0 spiro atoms. The summed E-state index contributed by atoms with van der Waals surface area (Å²) in [5, 5.41) is 11.3. The highest BCUT2D eigenvalue weighted by Gasteiger charge is 2.22. The van der Waals surface area contributed by atoms with E-state index in [-0.39, 0.29) is 0 Å². The van der Waals surface area contributed by atoms with Crippen LogP contribution in [-0.4, -0.2) is 18.3 Å². The first-order valence-electron chi connectivity index (χ1n) is 20.9. The van der Waals surface area contributed by atoms with Crippen LogP contribution < -0.4 is 15.6 Å². The molecule has 286 valence electrons. The maximum absolute atomic E-state index is 6.21. The number of furan rings is 1. The quantitative estimate of drug-likeness (QED) is 0.119. The summed E-state index contributed by atoms with van der Waals surface area (Å²) in [4.78, 5) is 5.60. The minimum absolute atomic E-state index is 0.885. The molecule has 0 aliphatic heterocycles. The molecule has 0 atom stereocenters. The lowest BCUT2D eigenvalue weighted by molar-refractivity contribution is 0.669. The van der Waals surface area contributed by atoms with Crippen molar-refractivity contribution < 1.29 is 4.42 Å². The van der Waals surface area contributed by atoms with Crippen molar-refractivity contribution in [3.8, 4) is 39.3 Å². The summed E-state index contributed by atoms with van der Waals surface area (Å²) in [6, 6.07) is 81.4. The molecular formula is C57H38N2OSi. The van der Waals surface area contributed by atoms with E-state index in [2.05, 4.69) is 217 Å². The molecule has 9 aromatic carbocycles. The Labute approximate surface area is 355 Å². The van der Waals surface area contributed by atoms with Crippen molar-refractivity contribution in [2.24, 2.45) is 0 Å². The molecular weight excluding hydrogens is 757 g/mol. The third-order valence-electron chi connectivity index (χ3n) is 12.3. The number of rotatable bonds is 7. The normalized spacial score (nSPS) is 11.8. The molecule has 0 saturated heterocycles. The third kappa shape index (κ3) is 6.07. The number of para-hydroxylation sites is 1. The first-order chi connectivity index (χ1) is 30.2. The topological polar surface area (TPSA) is 31.0 Å². The molecule has 0 bridgehead atoms. The highest BCUT2D eigenvalue weighted by atomic mass is 28.3. The molecule has 0 unspecified atom stereocenters. The molecule has 3 heterocycles. The van der Waals surface area contributed by atoms with Gasteiger partial charge in [-0.25, -0.2) is 4.98 Å². The van der Waals surface area contributed by atoms with Crippen molar-refractivity contribution >= 4 is 78.9 Å². The Balaban J connectivity index is 1.08. The zero-order chi connectivity index (χ0) is 40.3. The number of pyridine rings is 1. The van der Waals surface area contributed by atoms with E-state index in [1.54, 1.807) is 0 Å². The van der Waals surface area contributed by atoms with Gasteiger partial charge in [0.1, 0.15) is 25.8 Å². The van der Waals surface area contributed by atoms with Crippen molar-refractivity contribution in [3.63, 3.8) is 0 Å². The number of fused-ring (bicyclic) bond motifs is 8. The molecule has 0 N–H and O–H groups in total. The summed E-state index contributed by atoms with van der Waals surface area (Å²) in [5.74, 6) is 0.885. The standard InChI is InChI=1S/C57H38N2OSi/c1-4-15-38(16-5-1)43-36-51(42-18-14-23-46(33-42)61(44-19-6-2-7-20-44)45-21-8-3-9-22-45)58-56(37-43)59-52-30-28-40(35-50(52)57-47-24-11-10-17-39(47)27-31-53(57)59)41-29-32-55-49(34-41)48-25-12-13-26-54(48)60-55/h1-37,61H. The Bertz CT molecular complexity index is 3550. The molecule has 4 heteroatoms. The van der Waals surface area contributed by atoms with Crippen LogP contribution in [0.2, 0.25) is 0 Å². The smallest absolute Gasteiger partial charge is 0.138 e. The van der Waals surface area contributed by atoms with Gasteiger partial charge >= 0.3 is 0 Å². The van der Waals surface area contributed by atoms with Gasteiger partial charge < -0.3 is 4.42 Å². The van der Waals surface area contributed by atoms with Crippen LogP contribution in [0.25, 0.3) is 93.8 Å². The lowest BCUT2D eigenvalue weighted by Gasteiger charge is -2.18. The van der Waals surface area contributed by atoms with E-state index in [0.717, 1.165) is 72.3 Å². The second-order valence-corrected chi connectivity index (χ2v) is 18.8. The Morgan fingerprint density at radius 3 is 1.75 bits per heavy atom. The Morgan fingerprint density at radius 1 is 0.361 bits per heavy atom. The Hall–Kier alpha value is -7.79. The van der Waals surface area contributed by atoms with E-state index < -0.39 is 8.80 Å². The summed E-state index contributed by atoms with van der Waals surface area (Å²) >= 11 is 0. The number of hydrogen-bond donors (Lipinski definition) is 0. The van der Waals surface area contributed by atoms with Crippen LogP contribution in [0.5, 0.6) is 0 Å². The van der Waals surface area contributed by atoms with Crippen LogP contribution in [-0.2, 0) is 0 Å². The predicted octanol–water partition coefficient (Wildman–Crippen LogP) is 12.5. The monoisotopic (exact) mass is 794 g/mol. The van der Waals surface area contributed by atoms with Crippen molar-refractivity contribution in [2.75, 3.05) is 0 Å². The minimum atomic E-state index is -1.78. The van der Waals surface area contributed by atoms with Gasteiger partial charge in [0.25, 0.3) is 0 Å². The predicted molar refractivity (Wildman–Crippen MR) is 259 cm³/mol. The molecule has 0 fully saturated rings. The maximum Gasteiger partial charge on any atom is 0.138 e. The first-order valence-corrected chi connectivity index (χ1v) is 22.6. The SMILES string of the molecule is c1ccc(-c2cc(-c3cccc([SiH](c4ccccc4)c4ccccc4)c3)nc(-n3c4ccc(-c5ccc6oc7ccccc7c6c5)cc4c4c5ccccc5ccc43)c2)cc1. The van der Waals surface area contributed by atoms with Gasteiger partial charge in [-0.2, -0.15) is 0 Å². The van der Waals surface area contributed by atoms with Crippen LogP contribution in [0.4, 0.5) is 0 Å². The second kappa shape index (κ2) is 14.5. The van der Waals surface area contributed by atoms with Gasteiger partial charge in [-0.15, -0.1) is 0 Å². The highest BCUT2D eigenvalue weighted by Crippen LogP contribution is 2.40. The highest BCUT2D eigenvalue weighted by molar-refractivity contribution is 6.95. The summed E-state index contributed by atoms with van der Waals surface area (Å²) < 4.78 is 8.58. The fourth-order valence-corrected chi connectivity index (χ4v) is 12.5. The molecule has 3 nitrogen and oxygen atoms in total. The van der Waals surface area contributed by atoms with E-state index in [9.17, 15) is 0 Å². The fourth-order valence-electron chi connectivity index (χ4n) is 9.44. The lowest BCUT2D eigenvalue weighted by Crippen LogP contribution is -2.51. The molecule has 0 aliphatic carbocycles. The molecule has 12 aromatic rings. The Morgan fingerprint density at radius 2 is 0.967 bits per heavy atom. The van der Waals surface area contributed by atoms with E-state index in [0.29, 0.717) is 0 Å². The lowest BCUT2D eigenvalue weighted by atomic mass is 9.99. The van der Waals surface area contributed by atoms with Crippen LogP contribution in [0.15, 0.2) is 229 Å². The number of nitrogens with zero attached hydrogens (tertiary/aromatic N) is 2. The van der Waals surface area contributed by atoms with Gasteiger partial charge in [-0.1, -0.05) is 191 Å². The van der Waals surface area contributed by atoms with E-state index in [1.165, 1.54) is 37.1 Å². The van der Waals surface area contributed by atoms with Crippen molar-refractivity contribution in [3.05, 3.63) is 224 Å². The van der Waals surface area contributed by atoms with Crippen LogP contribution in [0.1, 0.15) is 0 Å². The molecule has 0 radical (unpaired) electrons. The summed E-state index contributed by atoms with van der Waals surface area (Å²) in [7, 11) is -1.78. The van der Waals surface area contributed by atoms with Gasteiger partial charge in [-0.3, -0.25) is 4.57 Å². The van der Waals surface area contributed by atoms with Gasteiger partial charge in [0.15, 0.2) is 0 Å². The molecule has 0 aliphatic rings. The fraction of sp³-hybridized carbons (Fsp3) is 0. The average Bonchev–Trinajstić information content (AvgIpc) is 3.88. The zero-order valence-corrected chi connectivity index (χ0v) is 34.4. The second-order valence-electron chi connectivity index (χ2n) is 15.9. The molecule has 61 heavy (non-hydrogen) atoms. The summed E-state index contributed by atoms with van der Waals surface area (Å²) in [5.41, 5.74) is 10.7. The van der Waals surface area contributed by atoms with Crippen LogP contribution in [0, 0.1) is 0 Å². The van der Waals surface area contributed by atoms with Crippen molar-refractivity contribution in [2.45, 2.75) is 0 Å². The van der Waals surface area contributed by atoms with E-state index >= 15 is 0 Å². The van der Waals surface area contributed by atoms with Crippen molar-refractivity contribution in [1.82, 2.24) is 9.55 Å². The van der Waals surface area contributed by atoms with Crippen LogP contribution >= 0.6 is 0 Å². The number of benzene rings is 9. The first kappa shape index (κ1) is 35.2. The number of aromatic nitrogens is 2. The summed E-state index contributed by atoms with van der Waals surface area (Å²) in [6.45, 7) is 0. The van der Waals surface area contributed by atoms with Gasteiger partial charge in [0.2, 0.25) is 0 Å². The minimum Gasteiger partial charge on any atom is -0.456 e. The number of hydrogen-bond acceptors (Lipinski definition) is 2. The molecule has 3 aromatic heterocycles. The maximum atomic E-state index is 6.21. The average molecular weight is 795 g/mol. The van der Waals surface area contributed by atoms with E-state index in [4.69, 9.17) is 9.40 Å². The summed E-state index contributed by atoms with van der Waals surface area (Å²) in [6.07, 6.45) is 0. The molecule has 12 rings (SSSR count). The molecule has 0 saturated carbocycles. The van der Waals surface area contributed by atoms with Crippen LogP contribution in [0.3, 0.4) is 0 Å². The van der Waals surface area contributed by atoms with Gasteiger partial charge in [0.05, 0.1) is 16.7 Å². The third-order valence-corrected chi connectivity index (χ3v) is 15.4. The Kier molecular flexibility index (Phi) is 8.35. The molecule has 0 amide bonds. The van der Waals surface area contributed by atoms with Gasteiger partial charge in [-0.05, 0) is 81.6 Å².